The molecule has 196 valence electrons. The topological polar surface area (TPSA) is 24.7 Å². The molecule has 0 spiro atoms. The van der Waals surface area contributed by atoms with E-state index in [1.54, 1.807) is 14.2 Å². The van der Waals surface area contributed by atoms with Crippen LogP contribution in [0.2, 0.25) is 0 Å². The predicted molar refractivity (Wildman–Crippen MR) is 143 cm³/mol. The van der Waals surface area contributed by atoms with Crippen LogP contribution in [-0.2, 0) is 0 Å². The molecule has 0 amide bonds. The van der Waals surface area contributed by atoms with Gasteiger partial charge in [0.15, 0.2) is 35.0 Å². The number of anilines is 1. The van der Waals surface area contributed by atoms with E-state index in [0.717, 1.165) is 22.9 Å². The summed E-state index contributed by atoms with van der Waals surface area (Å²) in [4.78, 5) is 2.32. The predicted octanol–water partition coefficient (Wildman–Crippen LogP) is 7.68. The highest BCUT2D eigenvalue weighted by Crippen LogP contribution is 2.48. The first-order chi connectivity index (χ1) is 18.3. The first kappa shape index (κ1) is 26.8. The Kier molecular flexibility index (Phi) is 8.36. The van der Waals surface area contributed by atoms with E-state index in [9.17, 15) is 17.3 Å². The molecule has 5 rings (SSSR count). The van der Waals surface area contributed by atoms with Gasteiger partial charge in [0.2, 0.25) is 6.34 Å². The number of hydrogen-bond donors (Lipinski definition) is 0. The fourth-order valence-electron chi connectivity index (χ4n) is 4.68. The zero-order valence-electron chi connectivity index (χ0n) is 20.9. The summed E-state index contributed by atoms with van der Waals surface area (Å²) in [5, 5.41) is 0. The number of methoxy groups -OCH3 is 2. The Labute approximate surface area is 219 Å². The minimum atomic E-state index is -6.00. The molecule has 4 aromatic rings. The van der Waals surface area contributed by atoms with Crippen molar-refractivity contribution in [1.82, 2.24) is 0 Å². The molecule has 0 N–H and O–H groups in total. The highest BCUT2D eigenvalue weighted by atomic mass is 19.5. The minimum Gasteiger partial charge on any atom is -0.492 e. The number of para-hydroxylation sites is 4. The molecule has 1 aliphatic rings. The van der Waals surface area contributed by atoms with Crippen LogP contribution in [0.15, 0.2) is 109 Å². The van der Waals surface area contributed by atoms with Crippen LogP contribution in [0.4, 0.5) is 28.6 Å². The van der Waals surface area contributed by atoms with Crippen LogP contribution in [0.25, 0.3) is 0 Å². The van der Waals surface area contributed by atoms with Gasteiger partial charge in [-0.3, -0.25) is 0 Å². The Bertz CT molecular complexity index is 1360. The zero-order valence-corrected chi connectivity index (χ0v) is 20.9. The summed E-state index contributed by atoms with van der Waals surface area (Å²) >= 11 is 0. The zero-order chi connectivity index (χ0) is 27.1. The summed E-state index contributed by atoms with van der Waals surface area (Å²) in [5.74, 6) is 1.67. The highest BCUT2D eigenvalue weighted by molar-refractivity contribution is 6.50. The lowest BCUT2D eigenvalue weighted by atomic mass is 9.92. The van der Waals surface area contributed by atoms with Gasteiger partial charge in [0, 0.05) is 11.1 Å². The SMILES string of the molecule is COc1ccccc1N1C=[N+](c2ccccc2OC)[C@@H](c2ccccc2)[C@@H]1c1ccccc1.F[B-](F)(F)F. The van der Waals surface area contributed by atoms with Crippen molar-refractivity contribution < 1.29 is 31.3 Å². The van der Waals surface area contributed by atoms with Crippen LogP contribution in [0.3, 0.4) is 0 Å². The van der Waals surface area contributed by atoms with Crippen molar-refractivity contribution in [2.24, 2.45) is 0 Å². The van der Waals surface area contributed by atoms with Crippen LogP contribution in [-0.4, -0.2) is 32.4 Å². The molecule has 0 saturated carbocycles. The van der Waals surface area contributed by atoms with Gasteiger partial charge in [-0.2, -0.15) is 0 Å². The Morgan fingerprint density at radius 1 is 0.632 bits per heavy atom. The second-order valence-corrected chi connectivity index (χ2v) is 8.48. The largest absolute Gasteiger partial charge is 0.673 e. The quantitative estimate of drug-likeness (QED) is 0.148. The molecule has 9 heteroatoms. The maximum atomic E-state index is 9.75. The fourth-order valence-corrected chi connectivity index (χ4v) is 4.68. The summed E-state index contributed by atoms with van der Waals surface area (Å²) in [7, 11) is -2.56. The van der Waals surface area contributed by atoms with Crippen molar-refractivity contribution in [2.75, 3.05) is 19.1 Å². The van der Waals surface area contributed by atoms with Crippen LogP contribution < -0.4 is 14.4 Å². The number of halogens is 4. The molecule has 38 heavy (non-hydrogen) atoms. The maximum Gasteiger partial charge on any atom is 0.673 e. The molecule has 0 aromatic heterocycles. The molecule has 4 aromatic carbocycles. The molecular weight excluding hydrogens is 495 g/mol. The molecule has 1 aliphatic heterocycles. The Hall–Kier alpha value is -4.27. The Morgan fingerprint density at radius 2 is 1.11 bits per heavy atom. The van der Waals surface area contributed by atoms with Crippen molar-refractivity contribution in [3.63, 3.8) is 0 Å². The smallest absolute Gasteiger partial charge is 0.492 e. The molecule has 0 saturated heterocycles. The molecule has 0 bridgehead atoms. The van der Waals surface area contributed by atoms with Crippen LogP contribution >= 0.6 is 0 Å². The van der Waals surface area contributed by atoms with E-state index in [-0.39, 0.29) is 12.1 Å². The molecule has 2 atom stereocenters. The monoisotopic (exact) mass is 522 g/mol. The minimum absolute atomic E-state index is 0.0230. The second kappa shape index (κ2) is 11.9. The molecule has 0 aliphatic carbocycles. The number of benzene rings is 4. The van der Waals surface area contributed by atoms with Gasteiger partial charge >= 0.3 is 7.25 Å². The van der Waals surface area contributed by atoms with Crippen molar-refractivity contribution >= 4 is 25.0 Å². The third-order valence-electron chi connectivity index (χ3n) is 6.16. The fraction of sp³-hybridized carbons (Fsp3) is 0.138. The van der Waals surface area contributed by atoms with E-state index in [0.29, 0.717) is 0 Å². The van der Waals surface area contributed by atoms with Crippen molar-refractivity contribution in [3.8, 4) is 11.5 Å². The molecular formula is C29H27BF4N2O2. The number of nitrogens with zero attached hydrogens (tertiary/aromatic N) is 2. The Morgan fingerprint density at radius 3 is 1.68 bits per heavy atom. The van der Waals surface area contributed by atoms with Gasteiger partial charge in [-0.25, -0.2) is 9.48 Å². The van der Waals surface area contributed by atoms with E-state index in [1.807, 2.05) is 24.3 Å². The van der Waals surface area contributed by atoms with Gasteiger partial charge in [-0.1, -0.05) is 84.9 Å². The van der Waals surface area contributed by atoms with Gasteiger partial charge in [0.05, 0.1) is 14.2 Å². The van der Waals surface area contributed by atoms with Crippen molar-refractivity contribution in [1.29, 1.82) is 0 Å². The standard InChI is InChI=1S/C29H27N2O2.BF4/c1-32-26-19-11-9-17-24(26)30-21-31(25-18-10-12-20-27(25)33-2)29(23-15-7-4-8-16-23)28(30)22-13-5-3-6-14-22;2-1(3,4)5/h3-21,28-29H,1-2H3;/q+1;-1/t28-,29-;/m0./s1. The molecule has 0 radical (unpaired) electrons. The average Bonchev–Trinajstić information content (AvgIpc) is 3.33. The molecule has 0 unspecified atom stereocenters. The molecule has 1 heterocycles. The van der Waals surface area contributed by atoms with E-state index in [2.05, 4.69) is 101 Å². The lowest BCUT2D eigenvalue weighted by Gasteiger charge is -2.25. The molecule has 0 fully saturated rings. The van der Waals surface area contributed by atoms with Crippen molar-refractivity contribution in [2.45, 2.75) is 12.1 Å². The van der Waals surface area contributed by atoms with Crippen LogP contribution in [0, 0.1) is 0 Å². The van der Waals surface area contributed by atoms with Gasteiger partial charge in [0.1, 0.15) is 0 Å². The summed E-state index contributed by atoms with van der Waals surface area (Å²) in [5.41, 5.74) is 4.50. The van der Waals surface area contributed by atoms with E-state index < -0.39 is 7.25 Å². The number of rotatable bonds is 6. The van der Waals surface area contributed by atoms with Gasteiger partial charge in [0.25, 0.3) is 0 Å². The van der Waals surface area contributed by atoms with Crippen molar-refractivity contribution in [3.05, 3.63) is 120 Å². The van der Waals surface area contributed by atoms with Gasteiger partial charge < -0.3 is 26.7 Å². The maximum absolute atomic E-state index is 9.75. The first-order valence-corrected chi connectivity index (χ1v) is 12.0. The highest BCUT2D eigenvalue weighted by Gasteiger charge is 2.47. The summed E-state index contributed by atoms with van der Waals surface area (Å²) < 4.78 is 52.8. The number of hydrogen-bond acceptors (Lipinski definition) is 3. The number of ether oxygens (including phenoxy) is 2. The van der Waals surface area contributed by atoms with E-state index >= 15 is 0 Å². The van der Waals surface area contributed by atoms with Gasteiger partial charge in [-0.15, -0.1) is 0 Å². The summed E-state index contributed by atoms with van der Waals surface area (Å²) in [6, 6.07) is 37.7. The van der Waals surface area contributed by atoms with Crippen LogP contribution in [0.1, 0.15) is 23.2 Å². The lowest BCUT2D eigenvalue weighted by Crippen LogP contribution is -2.26. The summed E-state index contributed by atoms with van der Waals surface area (Å²) in [6.07, 6.45) is 2.19. The third-order valence-corrected chi connectivity index (χ3v) is 6.16. The first-order valence-electron chi connectivity index (χ1n) is 12.0. The molecule has 4 nitrogen and oxygen atoms in total. The van der Waals surface area contributed by atoms with E-state index in [1.165, 1.54) is 11.1 Å². The van der Waals surface area contributed by atoms with Gasteiger partial charge in [-0.05, 0) is 24.3 Å². The lowest BCUT2D eigenvalue weighted by molar-refractivity contribution is -0.482. The Balaban J connectivity index is 0.000000617. The average molecular weight is 522 g/mol. The second-order valence-electron chi connectivity index (χ2n) is 8.48. The third kappa shape index (κ3) is 6.16. The normalized spacial score (nSPS) is 16.8. The van der Waals surface area contributed by atoms with Crippen LogP contribution in [0.5, 0.6) is 11.5 Å². The summed E-state index contributed by atoms with van der Waals surface area (Å²) in [6.45, 7) is 0. The van der Waals surface area contributed by atoms with E-state index in [4.69, 9.17) is 9.47 Å².